The van der Waals surface area contributed by atoms with Gasteiger partial charge in [0, 0.05) is 0 Å². The molecule has 0 nitrogen and oxygen atoms in total. The van der Waals surface area contributed by atoms with Crippen LogP contribution in [0.25, 0.3) is 0 Å². The Kier molecular flexibility index (Phi) is 1.89. The Labute approximate surface area is 90.0 Å². The average molecular weight is 184 g/mol. The van der Waals surface area contributed by atoms with E-state index in [1.807, 2.05) is 0 Å². The van der Waals surface area contributed by atoms with Gasteiger partial charge in [0.2, 0.25) is 0 Å². The first-order valence-corrected chi connectivity index (χ1v) is 6.09. The van der Waals surface area contributed by atoms with E-state index in [9.17, 15) is 0 Å². The molecule has 0 N–H and O–H groups in total. The molecule has 4 fully saturated rings. The Balaban J connectivity index is 1.94. The Hall–Kier alpha value is 0.130. The van der Waals surface area contributed by atoms with Crippen LogP contribution in [0.15, 0.2) is 0 Å². The van der Waals surface area contributed by atoms with Crippen LogP contribution in [-0.4, -0.2) is 15.7 Å². The molecule has 0 aromatic heterocycles. The SMILES string of the molecule is [B]CC12CC3CC(C1)CC(C[B])(C3)C2. The molecule has 0 amide bonds. The quantitative estimate of drug-likeness (QED) is 0.578. The van der Waals surface area contributed by atoms with Gasteiger partial charge >= 0.3 is 0 Å². The van der Waals surface area contributed by atoms with Crippen molar-refractivity contribution < 1.29 is 0 Å². The van der Waals surface area contributed by atoms with Crippen molar-refractivity contribution in [1.29, 1.82) is 0 Å². The zero-order chi connectivity index (χ0) is 9.81. The molecule has 0 aliphatic heterocycles. The summed E-state index contributed by atoms with van der Waals surface area (Å²) in [7, 11) is 12.0. The van der Waals surface area contributed by atoms with Crippen molar-refractivity contribution >= 4 is 15.7 Å². The fourth-order valence-corrected chi connectivity index (χ4v) is 5.13. The van der Waals surface area contributed by atoms with Gasteiger partial charge in [0.1, 0.15) is 0 Å². The fourth-order valence-electron chi connectivity index (χ4n) is 5.13. The first kappa shape index (κ1) is 9.36. The van der Waals surface area contributed by atoms with Gasteiger partial charge in [-0.3, -0.25) is 0 Å². The molecule has 4 radical (unpaired) electrons. The fraction of sp³-hybridized carbons (Fsp3) is 1.00. The summed E-state index contributed by atoms with van der Waals surface area (Å²) in [6.07, 6.45) is 10.2. The van der Waals surface area contributed by atoms with Crippen LogP contribution in [0.2, 0.25) is 12.6 Å². The molecule has 14 heavy (non-hydrogen) atoms. The second-order valence-electron chi connectivity index (χ2n) is 6.37. The standard InChI is InChI=1S/C12H18B2/c13-7-11-2-9-1-10(4-11)5-12(3-9,6-11)8-14/h9-10H,1-8H2. The van der Waals surface area contributed by atoms with Gasteiger partial charge < -0.3 is 0 Å². The van der Waals surface area contributed by atoms with Gasteiger partial charge in [-0.2, -0.15) is 0 Å². The van der Waals surface area contributed by atoms with Gasteiger partial charge in [-0.1, -0.05) is 12.6 Å². The lowest BCUT2D eigenvalue weighted by Gasteiger charge is -2.62. The van der Waals surface area contributed by atoms with E-state index in [4.69, 9.17) is 15.7 Å². The first-order chi connectivity index (χ1) is 6.69. The van der Waals surface area contributed by atoms with E-state index in [1.54, 1.807) is 0 Å². The van der Waals surface area contributed by atoms with Crippen LogP contribution in [0.1, 0.15) is 38.5 Å². The largest absolute Gasteiger partial charge is 0.0831 e. The van der Waals surface area contributed by atoms with Crippen LogP contribution in [-0.2, 0) is 0 Å². The highest BCUT2D eigenvalue weighted by atomic mass is 14.6. The molecule has 72 valence electrons. The molecule has 4 bridgehead atoms. The molecule has 0 saturated heterocycles. The molecule has 0 unspecified atom stereocenters. The average Bonchev–Trinajstić information content (AvgIpc) is 2.16. The molecule has 4 aliphatic rings. The minimum absolute atomic E-state index is 0.503. The maximum absolute atomic E-state index is 6.00. The zero-order valence-corrected chi connectivity index (χ0v) is 8.97. The smallest absolute Gasteiger partial charge is 0.0660 e. The van der Waals surface area contributed by atoms with Crippen LogP contribution in [0.5, 0.6) is 0 Å². The van der Waals surface area contributed by atoms with Gasteiger partial charge in [-0.05, 0) is 61.2 Å². The van der Waals surface area contributed by atoms with E-state index in [0.717, 1.165) is 24.5 Å². The molecule has 0 spiro atoms. The van der Waals surface area contributed by atoms with Gasteiger partial charge in [-0.15, -0.1) is 0 Å². The highest BCUT2D eigenvalue weighted by Gasteiger charge is 2.55. The van der Waals surface area contributed by atoms with Gasteiger partial charge in [-0.25, -0.2) is 0 Å². The summed E-state index contributed by atoms with van der Waals surface area (Å²) in [5, 5.41) is 0. The second kappa shape index (κ2) is 2.83. The van der Waals surface area contributed by atoms with Crippen molar-refractivity contribution in [2.24, 2.45) is 22.7 Å². The minimum Gasteiger partial charge on any atom is -0.0831 e. The summed E-state index contributed by atoms with van der Waals surface area (Å²) in [6, 6.07) is 0. The molecule has 4 saturated carbocycles. The monoisotopic (exact) mass is 184 g/mol. The maximum atomic E-state index is 6.00. The highest BCUT2D eigenvalue weighted by Crippen LogP contribution is 2.67. The highest BCUT2D eigenvalue weighted by molar-refractivity contribution is 6.09. The van der Waals surface area contributed by atoms with Crippen molar-refractivity contribution in [1.82, 2.24) is 0 Å². The predicted molar refractivity (Wildman–Crippen MR) is 60.7 cm³/mol. The van der Waals surface area contributed by atoms with Crippen LogP contribution < -0.4 is 0 Å². The van der Waals surface area contributed by atoms with Crippen molar-refractivity contribution in [2.75, 3.05) is 0 Å². The molecule has 0 heterocycles. The lowest BCUT2D eigenvalue weighted by molar-refractivity contribution is -0.0911. The van der Waals surface area contributed by atoms with Crippen LogP contribution in [0.3, 0.4) is 0 Å². The Morgan fingerprint density at radius 2 is 1.29 bits per heavy atom. The van der Waals surface area contributed by atoms with E-state index in [2.05, 4.69) is 0 Å². The maximum Gasteiger partial charge on any atom is 0.0660 e. The molecular formula is C12H18B2. The third-order valence-electron chi connectivity index (χ3n) is 5.17. The van der Waals surface area contributed by atoms with Crippen molar-refractivity contribution in [3.63, 3.8) is 0 Å². The lowest BCUT2D eigenvalue weighted by atomic mass is 9.40. The Morgan fingerprint density at radius 3 is 1.64 bits per heavy atom. The van der Waals surface area contributed by atoms with E-state index in [-0.39, 0.29) is 0 Å². The van der Waals surface area contributed by atoms with Crippen LogP contribution in [0.4, 0.5) is 0 Å². The molecule has 0 atom stereocenters. The first-order valence-electron chi connectivity index (χ1n) is 6.09. The Morgan fingerprint density at radius 1 is 0.857 bits per heavy atom. The molecule has 4 rings (SSSR count). The molecular weight excluding hydrogens is 166 g/mol. The predicted octanol–water partition coefficient (Wildman–Crippen LogP) is 2.75. The lowest BCUT2D eigenvalue weighted by Crippen LogP contribution is -2.51. The summed E-state index contributed by atoms with van der Waals surface area (Å²) in [4.78, 5) is 0. The number of rotatable bonds is 2. The third-order valence-corrected chi connectivity index (χ3v) is 5.17. The van der Waals surface area contributed by atoms with E-state index < -0.39 is 0 Å². The van der Waals surface area contributed by atoms with Crippen LogP contribution >= 0.6 is 0 Å². The summed E-state index contributed by atoms with van der Waals surface area (Å²) in [6.45, 7) is 0. The topological polar surface area (TPSA) is 0 Å². The van der Waals surface area contributed by atoms with Crippen molar-refractivity contribution in [2.45, 2.75) is 51.2 Å². The van der Waals surface area contributed by atoms with Gasteiger partial charge in [0.05, 0.1) is 15.7 Å². The zero-order valence-electron chi connectivity index (χ0n) is 8.97. The third kappa shape index (κ3) is 1.15. The van der Waals surface area contributed by atoms with Crippen LogP contribution in [0, 0.1) is 22.7 Å². The van der Waals surface area contributed by atoms with Crippen molar-refractivity contribution in [3.8, 4) is 0 Å². The molecule has 2 heteroatoms. The van der Waals surface area contributed by atoms with Gasteiger partial charge in [0.15, 0.2) is 0 Å². The normalized spacial score (nSPS) is 55.1. The Bertz CT molecular complexity index is 213. The minimum atomic E-state index is 0.503. The molecule has 0 aromatic rings. The van der Waals surface area contributed by atoms with E-state index in [0.29, 0.717) is 10.8 Å². The summed E-state index contributed by atoms with van der Waals surface area (Å²) < 4.78 is 0. The van der Waals surface area contributed by atoms with Crippen molar-refractivity contribution in [3.05, 3.63) is 0 Å². The number of hydrogen-bond acceptors (Lipinski definition) is 0. The summed E-state index contributed by atoms with van der Waals surface area (Å²) in [5.74, 6) is 1.92. The van der Waals surface area contributed by atoms with E-state index in [1.165, 1.54) is 38.5 Å². The summed E-state index contributed by atoms with van der Waals surface area (Å²) >= 11 is 0. The molecule has 0 aromatic carbocycles. The molecule has 4 aliphatic carbocycles. The van der Waals surface area contributed by atoms with Gasteiger partial charge in [0.25, 0.3) is 0 Å². The second-order valence-corrected chi connectivity index (χ2v) is 6.37. The van der Waals surface area contributed by atoms with E-state index >= 15 is 0 Å². The summed E-state index contributed by atoms with van der Waals surface area (Å²) in [5.41, 5.74) is 1.01. The number of hydrogen-bond donors (Lipinski definition) is 0.